The van der Waals surface area contributed by atoms with Crippen LogP contribution in [0.3, 0.4) is 0 Å². The molecule has 10 nitrogen and oxygen atoms in total. The first kappa shape index (κ1) is 37.1. The smallest absolute Gasteiger partial charge is 0.303 e. The van der Waals surface area contributed by atoms with Gasteiger partial charge in [0.15, 0.2) is 0 Å². The topological polar surface area (TPSA) is 231 Å². The Morgan fingerprint density at radius 1 is 0.773 bits per heavy atom. The summed E-state index contributed by atoms with van der Waals surface area (Å²) in [7, 11) is 0. The number of hydrogen-bond donors (Lipinski definition) is 8. The van der Waals surface area contributed by atoms with Crippen LogP contribution in [-0.4, -0.2) is 32.6 Å². The van der Waals surface area contributed by atoms with Crippen LogP contribution in [0.25, 0.3) is 0 Å². The van der Waals surface area contributed by atoms with E-state index < -0.39 is 22.4 Å². The zero-order chi connectivity index (χ0) is 17.1. The summed E-state index contributed by atoms with van der Waals surface area (Å²) in [6, 6.07) is 0. The molecule has 12 heteroatoms. The number of carbonyl (C=O) groups excluding carboxylic acids is 2. The molecule has 0 aliphatic carbocycles. The number of nitrogens with two attached hydrogens (primary N) is 2. The highest BCUT2D eigenvalue weighted by Gasteiger charge is 1.88. The summed E-state index contributed by atoms with van der Waals surface area (Å²) in [6.07, 6.45) is 2.05. The van der Waals surface area contributed by atoms with E-state index in [-0.39, 0.29) is 12.3 Å². The van der Waals surface area contributed by atoms with Crippen molar-refractivity contribution in [2.45, 2.75) is 39.5 Å². The van der Waals surface area contributed by atoms with Crippen molar-refractivity contribution >= 4 is 47.7 Å². The molecule has 0 saturated carbocycles. The van der Waals surface area contributed by atoms with Gasteiger partial charge in [0, 0.05) is 12.8 Å². The Hall–Kier alpha value is -1.50. The van der Waals surface area contributed by atoms with Gasteiger partial charge in [0.25, 0.3) is 10.5 Å². The van der Waals surface area contributed by atoms with E-state index in [0.717, 1.165) is 12.8 Å². The van der Waals surface area contributed by atoms with Gasteiger partial charge in [0.1, 0.15) is 0 Å². The first-order valence-electron chi connectivity index (χ1n) is 5.41. The molecule has 0 radical (unpaired) electrons. The van der Waals surface area contributed by atoms with Gasteiger partial charge in [-0.2, -0.15) is 0 Å². The predicted octanol–water partition coefficient (Wildman–Crippen LogP) is 2.06. The molecule has 12 N–H and O–H groups in total. The maximum atomic E-state index is 9.60. The number of hydrogen-bond acceptors (Lipinski definition) is 6. The lowest BCUT2D eigenvalue weighted by atomic mass is 10.4. The van der Waals surface area contributed by atoms with E-state index in [1.165, 1.54) is 0 Å². The fourth-order valence-electron chi connectivity index (χ4n) is 0.428. The second kappa shape index (κ2) is 31.7. The summed E-state index contributed by atoms with van der Waals surface area (Å²) in [6.45, 7) is 3.68. The quantitative estimate of drug-likeness (QED) is 0.343. The molecule has 0 aliphatic heterocycles. The van der Waals surface area contributed by atoms with Crippen molar-refractivity contribution in [3.05, 3.63) is 0 Å². The Balaban J connectivity index is -0.0000000383. The Kier molecular flexibility index (Phi) is 53.5. The van der Waals surface area contributed by atoms with E-state index in [9.17, 15) is 9.59 Å². The fraction of sp³-hybridized carbons (Fsp3) is 0.600. The van der Waals surface area contributed by atoms with Gasteiger partial charge in [-0.3, -0.25) is 19.2 Å². The summed E-state index contributed by atoms with van der Waals surface area (Å²) in [5.41, 5.74) is 8.67. The molecule has 0 aromatic rings. The van der Waals surface area contributed by atoms with Crippen LogP contribution in [0.15, 0.2) is 0 Å². The molecule has 0 atom stereocenters. The van der Waals surface area contributed by atoms with Crippen molar-refractivity contribution < 1.29 is 29.4 Å². The zero-order valence-electron chi connectivity index (χ0n) is 12.8. The molecule has 0 rings (SSSR count). The summed E-state index contributed by atoms with van der Waals surface area (Å²) < 4.78 is 0. The highest BCUT2D eigenvalue weighted by atomic mass is 32.1. The maximum Gasteiger partial charge on any atom is 0.303 e. The average Bonchev–Trinajstić information content (AvgIpc) is 2.15. The number of carboxylic acids is 2. The minimum absolute atomic E-state index is 0. The average molecular weight is 364 g/mol. The van der Waals surface area contributed by atoms with Crippen LogP contribution in [0.2, 0.25) is 0 Å². The Labute approximate surface area is 141 Å². The third-order valence-electron chi connectivity index (χ3n) is 0.928. The van der Waals surface area contributed by atoms with Gasteiger partial charge < -0.3 is 34.0 Å². The first-order chi connectivity index (χ1) is 9.00. The Morgan fingerprint density at radius 2 is 0.909 bits per heavy atom. The molecule has 22 heavy (non-hydrogen) atoms. The van der Waals surface area contributed by atoms with E-state index in [0.29, 0.717) is 12.8 Å². The largest absolute Gasteiger partial charge is 0.481 e. The third kappa shape index (κ3) is 280. The Morgan fingerprint density at radius 3 is 0.909 bits per heavy atom. The van der Waals surface area contributed by atoms with Crippen LogP contribution in [0.5, 0.6) is 0 Å². The summed E-state index contributed by atoms with van der Waals surface area (Å²) in [5.74, 6) is -1.42. The van der Waals surface area contributed by atoms with Crippen LogP contribution in [-0.2, 0) is 9.59 Å². The summed E-state index contributed by atoms with van der Waals surface area (Å²) >= 11 is 6.21. The predicted molar refractivity (Wildman–Crippen MR) is 92.3 cm³/mol. The number of aliphatic carboxylic acids is 2. The Bertz CT molecular complexity index is 257. The van der Waals surface area contributed by atoms with Crippen molar-refractivity contribution in [2.24, 2.45) is 11.5 Å². The van der Waals surface area contributed by atoms with Gasteiger partial charge in [-0.1, -0.05) is 39.1 Å². The van der Waals surface area contributed by atoms with E-state index in [4.69, 9.17) is 19.8 Å². The highest BCUT2D eigenvalue weighted by Crippen LogP contribution is 1.82. The number of amides is 2. The standard InChI is InChI=1S/2C4H8O2.2CH3NOS.2H3N/c2*1-2-3-4(5)6;2*2-1(3)4;;/h2*2-3H2,1H3,(H,5,6);2*(H3,2,3,4);2*1H3. The van der Waals surface area contributed by atoms with E-state index in [2.05, 4.69) is 36.7 Å². The van der Waals surface area contributed by atoms with Gasteiger partial charge in [-0.15, -0.1) is 0 Å². The fourth-order valence-corrected chi connectivity index (χ4v) is 0.428. The molecule has 0 aromatic heterocycles. The summed E-state index contributed by atoms with van der Waals surface area (Å²) in [5, 5.41) is 14.5. The number of carbonyl (C=O) groups is 4. The van der Waals surface area contributed by atoms with E-state index in [1.54, 1.807) is 0 Å². The normalized spacial score (nSPS) is 6.73. The van der Waals surface area contributed by atoms with Gasteiger partial charge in [0.2, 0.25) is 0 Å². The van der Waals surface area contributed by atoms with Crippen molar-refractivity contribution in [3.63, 3.8) is 0 Å². The molecule has 136 valence electrons. The number of thiol groups is 2. The second-order valence-electron chi connectivity index (χ2n) is 2.96. The molecule has 0 spiro atoms. The molecule has 2 amide bonds. The first-order valence-corrected chi connectivity index (χ1v) is 6.30. The molecule has 0 bridgehead atoms. The minimum atomic E-state index is -0.711. The lowest BCUT2D eigenvalue weighted by molar-refractivity contribution is -0.138. The minimum Gasteiger partial charge on any atom is -0.481 e. The lowest BCUT2D eigenvalue weighted by Gasteiger charge is -1.79. The number of primary amides is 2. The SMILES string of the molecule is CCCC(=O)O.CCCC(=O)O.N.N.NC(=O)S.NC(=O)S. The van der Waals surface area contributed by atoms with Crippen LogP contribution in [0, 0.1) is 0 Å². The molecule has 0 heterocycles. The van der Waals surface area contributed by atoms with Crippen LogP contribution < -0.4 is 23.8 Å². The maximum absolute atomic E-state index is 9.60. The molecule has 0 aliphatic rings. The zero-order valence-corrected chi connectivity index (χ0v) is 14.6. The number of carboxylic acid groups (broad SMARTS) is 2. The van der Waals surface area contributed by atoms with Crippen LogP contribution in [0.4, 0.5) is 9.59 Å². The van der Waals surface area contributed by atoms with Crippen molar-refractivity contribution in [1.29, 1.82) is 0 Å². The second-order valence-corrected chi connectivity index (χ2v) is 3.85. The van der Waals surface area contributed by atoms with E-state index in [1.807, 2.05) is 13.8 Å². The van der Waals surface area contributed by atoms with E-state index >= 15 is 0 Å². The van der Waals surface area contributed by atoms with Crippen molar-refractivity contribution in [1.82, 2.24) is 12.3 Å². The van der Waals surface area contributed by atoms with Gasteiger partial charge in [0.05, 0.1) is 0 Å². The summed E-state index contributed by atoms with van der Waals surface area (Å²) in [4.78, 5) is 37.4. The molecule has 0 unspecified atom stereocenters. The third-order valence-corrected chi connectivity index (χ3v) is 0.928. The monoisotopic (exact) mass is 364 g/mol. The van der Waals surface area contributed by atoms with Crippen molar-refractivity contribution in [2.75, 3.05) is 0 Å². The van der Waals surface area contributed by atoms with Crippen molar-refractivity contribution in [3.8, 4) is 0 Å². The molecular weight excluding hydrogens is 336 g/mol. The molecule has 0 saturated heterocycles. The van der Waals surface area contributed by atoms with Gasteiger partial charge >= 0.3 is 11.9 Å². The van der Waals surface area contributed by atoms with Gasteiger partial charge in [-0.05, 0) is 12.8 Å². The molecule has 0 fully saturated rings. The van der Waals surface area contributed by atoms with Crippen LogP contribution >= 0.6 is 25.3 Å². The molecule has 0 aromatic carbocycles. The van der Waals surface area contributed by atoms with Crippen LogP contribution in [0.1, 0.15) is 39.5 Å². The van der Waals surface area contributed by atoms with Gasteiger partial charge in [-0.25, -0.2) is 0 Å². The lowest BCUT2D eigenvalue weighted by Crippen LogP contribution is -1.95. The highest BCUT2D eigenvalue weighted by molar-refractivity contribution is 7.96. The molecular formula is C10H28N4O6S2. The number of rotatable bonds is 4.